The van der Waals surface area contributed by atoms with Crippen molar-refractivity contribution >= 4 is 31.7 Å². The summed E-state index contributed by atoms with van der Waals surface area (Å²) in [5, 5.41) is 0. The highest BCUT2D eigenvalue weighted by Gasteiger charge is 2.33. The zero-order valence-electron chi connectivity index (χ0n) is 21.3. The Kier molecular flexibility index (Phi) is 6.92. The molecule has 1 N–H and O–H groups in total. The quantitative estimate of drug-likeness (QED) is 0.302. The van der Waals surface area contributed by atoms with Crippen molar-refractivity contribution in [3.63, 3.8) is 0 Å². The standard InChI is InChI=1S/C29H27BrN2O5S/c1-4-37-29(34)27-24(30)22-13-12-20-15-23(38(35,36)21-8-6-5-7-9-21)28(33)31-25(20)26(22)32(27)16-19-11-10-17(2)18(3)14-19/h5-11,14-15H,4,12-13,16H2,1-3H3,(H,31,33). The number of nitrogens with one attached hydrogen (secondary N) is 1. The van der Waals surface area contributed by atoms with Crippen LogP contribution in [0.2, 0.25) is 0 Å². The average Bonchev–Trinajstić information content (AvgIpc) is 3.18. The van der Waals surface area contributed by atoms with Crippen LogP contribution in [0.15, 0.2) is 73.7 Å². The monoisotopic (exact) mass is 594 g/mol. The second kappa shape index (κ2) is 10.0. The lowest BCUT2D eigenvalue weighted by Crippen LogP contribution is -2.22. The Morgan fingerprint density at radius 3 is 2.47 bits per heavy atom. The Balaban J connectivity index is 1.71. The van der Waals surface area contributed by atoms with Gasteiger partial charge in [-0.05, 0) is 95.6 Å². The molecule has 0 radical (unpaired) electrons. The molecule has 0 saturated carbocycles. The van der Waals surface area contributed by atoms with Crippen molar-refractivity contribution in [1.82, 2.24) is 9.55 Å². The van der Waals surface area contributed by atoms with E-state index in [-0.39, 0.29) is 16.4 Å². The highest BCUT2D eigenvalue weighted by Crippen LogP contribution is 2.41. The summed E-state index contributed by atoms with van der Waals surface area (Å²) in [6.45, 7) is 6.42. The minimum absolute atomic E-state index is 0.0624. The molecular weight excluding hydrogens is 568 g/mol. The number of fused-ring (bicyclic) bond motifs is 3. The van der Waals surface area contributed by atoms with Gasteiger partial charge in [0.15, 0.2) is 0 Å². The van der Waals surface area contributed by atoms with Crippen molar-refractivity contribution in [3.05, 3.63) is 103 Å². The highest BCUT2D eigenvalue weighted by atomic mass is 79.9. The first-order chi connectivity index (χ1) is 18.1. The molecule has 5 rings (SSSR count). The van der Waals surface area contributed by atoms with E-state index in [2.05, 4.69) is 27.0 Å². The van der Waals surface area contributed by atoms with Gasteiger partial charge in [0.25, 0.3) is 5.56 Å². The second-order valence-electron chi connectivity index (χ2n) is 9.39. The Hall–Kier alpha value is -3.43. The van der Waals surface area contributed by atoms with Gasteiger partial charge in [-0.3, -0.25) is 4.79 Å². The van der Waals surface area contributed by atoms with Crippen LogP contribution in [0.25, 0.3) is 11.4 Å². The molecule has 7 nitrogen and oxygen atoms in total. The molecule has 196 valence electrons. The number of aryl methyl sites for hydroxylation is 3. The van der Waals surface area contributed by atoms with E-state index >= 15 is 0 Å². The largest absolute Gasteiger partial charge is 0.461 e. The molecule has 9 heteroatoms. The maximum atomic E-state index is 13.3. The van der Waals surface area contributed by atoms with Crippen molar-refractivity contribution in [2.75, 3.05) is 6.61 Å². The third-order valence-corrected chi connectivity index (χ3v) is 9.62. The van der Waals surface area contributed by atoms with Crippen molar-refractivity contribution in [1.29, 1.82) is 0 Å². The van der Waals surface area contributed by atoms with Crippen LogP contribution in [0, 0.1) is 13.8 Å². The Morgan fingerprint density at radius 1 is 1.05 bits per heavy atom. The molecule has 4 aromatic rings. The molecule has 0 saturated heterocycles. The fourth-order valence-corrected chi connectivity index (χ4v) is 7.07. The summed E-state index contributed by atoms with van der Waals surface area (Å²) in [6.07, 6.45) is 1.07. The van der Waals surface area contributed by atoms with Crippen LogP contribution in [0.1, 0.15) is 45.2 Å². The topological polar surface area (TPSA) is 98.2 Å². The smallest absolute Gasteiger partial charge is 0.356 e. The van der Waals surface area contributed by atoms with E-state index in [9.17, 15) is 18.0 Å². The number of rotatable bonds is 6. The summed E-state index contributed by atoms with van der Waals surface area (Å²) in [4.78, 5) is 29.0. The number of hydrogen-bond donors (Lipinski definition) is 1. The Morgan fingerprint density at radius 2 is 1.79 bits per heavy atom. The maximum absolute atomic E-state index is 13.3. The maximum Gasteiger partial charge on any atom is 0.356 e. The Labute approximate surface area is 229 Å². The molecular formula is C29H27BrN2O5S. The van der Waals surface area contributed by atoms with Gasteiger partial charge >= 0.3 is 5.97 Å². The van der Waals surface area contributed by atoms with Gasteiger partial charge in [-0.25, -0.2) is 13.2 Å². The third-order valence-electron chi connectivity index (χ3n) is 6.99. The number of carbonyl (C=O) groups is 1. The van der Waals surface area contributed by atoms with Crippen molar-refractivity contribution < 1.29 is 17.9 Å². The summed E-state index contributed by atoms with van der Waals surface area (Å²) >= 11 is 3.64. The van der Waals surface area contributed by atoms with Crippen LogP contribution in [-0.4, -0.2) is 30.5 Å². The molecule has 2 aromatic heterocycles. The van der Waals surface area contributed by atoms with Crippen LogP contribution in [0.3, 0.4) is 0 Å². The van der Waals surface area contributed by atoms with Crippen LogP contribution in [0.5, 0.6) is 0 Å². The van der Waals surface area contributed by atoms with Crippen LogP contribution in [0.4, 0.5) is 0 Å². The number of H-pyrrole nitrogens is 1. The number of carbonyl (C=O) groups excluding carboxylic acids is 1. The number of pyridine rings is 1. The molecule has 0 bridgehead atoms. The van der Waals surface area contributed by atoms with Crippen LogP contribution in [-0.2, 0) is 34.0 Å². The van der Waals surface area contributed by atoms with Gasteiger partial charge in [0.1, 0.15) is 10.6 Å². The van der Waals surface area contributed by atoms with Gasteiger partial charge in [-0.1, -0.05) is 36.4 Å². The number of hydrogen-bond acceptors (Lipinski definition) is 5. The molecule has 0 amide bonds. The molecule has 0 fully saturated rings. The minimum atomic E-state index is -4.01. The zero-order valence-corrected chi connectivity index (χ0v) is 23.7. The first-order valence-electron chi connectivity index (χ1n) is 12.3. The van der Waals surface area contributed by atoms with E-state index in [0.717, 1.165) is 22.3 Å². The average molecular weight is 596 g/mol. The minimum Gasteiger partial charge on any atom is -0.461 e. The van der Waals surface area contributed by atoms with E-state index in [0.29, 0.717) is 46.5 Å². The van der Waals surface area contributed by atoms with E-state index in [1.807, 2.05) is 30.5 Å². The number of nitrogens with zero attached hydrogens (tertiary/aromatic N) is 1. The number of benzene rings is 2. The fourth-order valence-electron chi connectivity index (χ4n) is 4.94. The predicted molar refractivity (Wildman–Crippen MR) is 148 cm³/mol. The van der Waals surface area contributed by atoms with Gasteiger partial charge in [-0.2, -0.15) is 0 Å². The SMILES string of the molecule is CCOC(=O)c1c(Br)c2c(n1Cc1ccc(C)c(C)c1)-c1[nH]c(=O)c(S(=O)(=O)c3ccccc3)cc1CC2. The van der Waals surface area contributed by atoms with Gasteiger partial charge < -0.3 is 14.3 Å². The van der Waals surface area contributed by atoms with Crippen molar-refractivity contribution in [2.24, 2.45) is 0 Å². The van der Waals surface area contributed by atoms with Crippen LogP contribution < -0.4 is 5.56 Å². The molecule has 2 heterocycles. The highest BCUT2D eigenvalue weighted by molar-refractivity contribution is 9.10. The number of halogens is 1. The second-order valence-corrected chi connectivity index (χ2v) is 12.1. The van der Waals surface area contributed by atoms with Gasteiger partial charge in [0.05, 0.1) is 27.4 Å². The lowest BCUT2D eigenvalue weighted by molar-refractivity contribution is 0.0513. The summed E-state index contributed by atoms with van der Waals surface area (Å²) in [5.41, 5.74) is 5.72. The molecule has 0 spiro atoms. The van der Waals surface area contributed by atoms with Crippen LogP contribution >= 0.6 is 15.9 Å². The summed E-state index contributed by atoms with van der Waals surface area (Å²) in [6, 6.07) is 15.5. The normalized spacial score (nSPS) is 12.6. The molecule has 0 unspecified atom stereocenters. The summed E-state index contributed by atoms with van der Waals surface area (Å²) in [7, 11) is -4.01. The number of aromatic amines is 1. The lowest BCUT2D eigenvalue weighted by Gasteiger charge is -2.21. The predicted octanol–water partition coefficient (Wildman–Crippen LogP) is 5.38. The molecule has 0 aliphatic heterocycles. The third kappa shape index (κ3) is 4.43. The first kappa shape index (κ1) is 26.2. The summed E-state index contributed by atoms with van der Waals surface area (Å²) in [5.74, 6) is -0.468. The number of ether oxygens (including phenoxy) is 1. The molecule has 1 aliphatic rings. The van der Waals surface area contributed by atoms with E-state index in [4.69, 9.17) is 4.74 Å². The van der Waals surface area contributed by atoms with Gasteiger partial charge in [-0.15, -0.1) is 0 Å². The zero-order chi connectivity index (χ0) is 27.2. The summed E-state index contributed by atoms with van der Waals surface area (Å²) < 4.78 is 34.4. The van der Waals surface area contributed by atoms with E-state index in [1.165, 1.54) is 18.2 Å². The van der Waals surface area contributed by atoms with Crippen molar-refractivity contribution in [2.45, 2.75) is 49.9 Å². The van der Waals surface area contributed by atoms with Gasteiger partial charge in [0, 0.05) is 6.54 Å². The van der Waals surface area contributed by atoms with Crippen molar-refractivity contribution in [3.8, 4) is 11.4 Å². The fraction of sp³-hybridized carbons (Fsp3) is 0.241. The van der Waals surface area contributed by atoms with Gasteiger partial charge in [0.2, 0.25) is 9.84 Å². The lowest BCUT2D eigenvalue weighted by atomic mass is 9.94. The molecule has 0 atom stereocenters. The van der Waals surface area contributed by atoms with E-state index < -0.39 is 21.4 Å². The number of sulfone groups is 1. The Bertz CT molecular complexity index is 1740. The number of aromatic nitrogens is 2. The van der Waals surface area contributed by atoms with E-state index in [1.54, 1.807) is 25.1 Å². The molecule has 1 aliphatic carbocycles. The first-order valence-corrected chi connectivity index (χ1v) is 14.6. The molecule has 2 aromatic carbocycles. The molecule has 38 heavy (non-hydrogen) atoms. The number of esters is 1.